The molecule has 0 saturated carbocycles. The predicted octanol–water partition coefficient (Wildman–Crippen LogP) is 1.51. The van der Waals surface area contributed by atoms with Gasteiger partial charge in [-0.05, 0) is 18.6 Å². The van der Waals surface area contributed by atoms with Crippen LogP contribution in [0.2, 0.25) is 10.0 Å². The Morgan fingerprint density at radius 1 is 1.24 bits per heavy atom. The summed E-state index contributed by atoms with van der Waals surface area (Å²) < 4.78 is 0. The van der Waals surface area contributed by atoms with Crippen molar-refractivity contribution in [2.45, 2.75) is 37.0 Å². The minimum Gasteiger partial charge on any atom is -0.508 e. The van der Waals surface area contributed by atoms with Crippen LogP contribution >= 0.6 is 23.2 Å². The SMILES string of the molecule is O=C1C[C@@H](O)[C@@H](O)[C@@H]2C[C@H](c3c(O)ccc(Cl)c3Cl)CN12. The van der Waals surface area contributed by atoms with Crippen LogP contribution in [0.3, 0.4) is 0 Å². The van der Waals surface area contributed by atoms with E-state index in [1.165, 1.54) is 12.1 Å². The standard InChI is InChI=1S/C14H15Cl2NO4/c15-7-1-2-9(18)12(13(7)16)6-3-8-14(21)10(19)4-11(20)17(8)5-6/h1-2,6,8,10,14,18-19,21H,3-5H2/t6-,8-,10+,14-/m0/s1. The molecule has 3 rings (SSSR count). The Kier molecular flexibility index (Phi) is 3.78. The minimum atomic E-state index is -1.04. The van der Waals surface area contributed by atoms with Crippen LogP contribution < -0.4 is 0 Å². The molecule has 1 amide bonds. The molecule has 0 bridgehead atoms. The molecule has 7 heteroatoms. The number of carbonyl (C=O) groups is 1. The van der Waals surface area contributed by atoms with E-state index < -0.39 is 18.2 Å². The molecule has 2 fully saturated rings. The molecular formula is C14H15Cl2NO4. The second-order valence-electron chi connectivity index (χ2n) is 5.60. The number of amides is 1. The van der Waals surface area contributed by atoms with Gasteiger partial charge in [0.2, 0.25) is 5.91 Å². The lowest BCUT2D eigenvalue weighted by Crippen LogP contribution is -2.54. The van der Waals surface area contributed by atoms with Crippen molar-refractivity contribution in [2.24, 2.45) is 0 Å². The minimum absolute atomic E-state index is 0.0248. The number of carbonyl (C=O) groups excluding carboxylic acids is 1. The highest BCUT2D eigenvalue weighted by Crippen LogP contribution is 2.44. The van der Waals surface area contributed by atoms with E-state index in [-0.39, 0.29) is 29.0 Å². The molecule has 1 aromatic rings. The maximum absolute atomic E-state index is 12.0. The van der Waals surface area contributed by atoms with Gasteiger partial charge in [-0.15, -0.1) is 0 Å². The number of fused-ring (bicyclic) bond motifs is 1. The molecule has 2 aliphatic heterocycles. The van der Waals surface area contributed by atoms with Crippen molar-refractivity contribution in [2.75, 3.05) is 6.54 Å². The molecule has 2 aliphatic rings. The van der Waals surface area contributed by atoms with Crippen molar-refractivity contribution in [1.82, 2.24) is 4.90 Å². The lowest BCUT2D eigenvalue weighted by atomic mass is 9.91. The van der Waals surface area contributed by atoms with Gasteiger partial charge in [-0.2, -0.15) is 0 Å². The molecule has 1 aromatic carbocycles. The quantitative estimate of drug-likeness (QED) is 0.728. The molecule has 4 atom stereocenters. The summed E-state index contributed by atoms with van der Waals surface area (Å²) >= 11 is 12.2. The van der Waals surface area contributed by atoms with Crippen LogP contribution in [0.4, 0.5) is 0 Å². The van der Waals surface area contributed by atoms with Gasteiger partial charge in [-0.3, -0.25) is 4.79 Å². The second-order valence-corrected chi connectivity index (χ2v) is 6.39. The number of aliphatic hydroxyl groups is 2. The molecule has 0 unspecified atom stereocenters. The monoisotopic (exact) mass is 331 g/mol. The van der Waals surface area contributed by atoms with Crippen LogP contribution in [0.15, 0.2) is 12.1 Å². The van der Waals surface area contributed by atoms with Crippen molar-refractivity contribution < 1.29 is 20.1 Å². The highest BCUT2D eigenvalue weighted by Gasteiger charge is 2.47. The molecular weight excluding hydrogens is 317 g/mol. The third-order valence-electron chi connectivity index (χ3n) is 4.35. The number of hydrogen-bond acceptors (Lipinski definition) is 4. The van der Waals surface area contributed by atoms with Crippen molar-refractivity contribution in [3.8, 4) is 5.75 Å². The van der Waals surface area contributed by atoms with Gasteiger partial charge in [-0.1, -0.05) is 23.2 Å². The smallest absolute Gasteiger partial charge is 0.225 e. The van der Waals surface area contributed by atoms with Crippen molar-refractivity contribution in [3.05, 3.63) is 27.7 Å². The fraction of sp³-hybridized carbons (Fsp3) is 0.500. The average molecular weight is 332 g/mol. The Morgan fingerprint density at radius 2 is 1.95 bits per heavy atom. The number of hydrogen-bond donors (Lipinski definition) is 3. The van der Waals surface area contributed by atoms with Gasteiger partial charge in [0.25, 0.3) is 0 Å². The maximum Gasteiger partial charge on any atom is 0.225 e. The summed E-state index contributed by atoms with van der Waals surface area (Å²) in [7, 11) is 0. The van der Waals surface area contributed by atoms with E-state index in [2.05, 4.69) is 0 Å². The van der Waals surface area contributed by atoms with Crippen LogP contribution in [0.25, 0.3) is 0 Å². The van der Waals surface area contributed by atoms with Gasteiger partial charge < -0.3 is 20.2 Å². The molecule has 114 valence electrons. The third kappa shape index (κ3) is 2.38. The van der Waals surface area contributed by atoms with Gasteiger partial charge in [0, 0.05) is 18.0 Å². The Balaban J connectivity index is 1.94. The second kappa shape index (κ2) is 5.32. The van der Waals surface area contributed by atoms with Crippen molar-refractivity contribution in [3.63, 3.8) is 0 Å². The molecule has 21 heavy (non-hydrogen) atoms. The number of rotatable bonds is 1. The first-order valence-corrected chi connectivity index (χ1v) is 7.48. The largest absolute Gasteiger partial charge is 0.508 e. The number of aliphatic hydroxyl groups excluding tert-OH is 2. The van der Waals surface area contributed by atoms with Crippen LogP contribution in [-0.4, -0.2) is 50.9 Å². The number of phenols is 1. The van der Waals surface area contributed by atoms with Gasteiger partial charge in [0.15, 0.2) is 0 Å². The first-order chi connectivity index (χ1) is 9.90. The lowest BCUT2D eigenvalue weighted by Gasteiger charge is -2.36. The number of nitrogens with zero attached hydrogens (tertiary/aromatic N) is 1. The Hall–Kier alpha value is -1.01. The number of piperidine rings is 1. The molecule has 3 N–H and O–H groups in total. The average Bonchev–Trinajstić information content (AvgIpc) is 2.86. The van der Waals surface area contributed by atoms with E-state index in [0.29, 0.717) is 23.6 Å². The van der Waals surface area contributed by atoms with Gasteiger partial charge >= 0.3 is 0 Å². The molecule has 5 nitrogen and oxygen atoms in total. The van der Waals surface area contributed by atoms with Crippen LogP contribution in [-0.2, 0) is 4.79 Å². The summed E-state index contributed by atoms with van der Waals surface area (Å²) in [5, 5.41) is 30.4. The molecule has 2 heterocycles. The Labute approximate surface area is 131 Å². The van der Waals surface area contributed by atoms with Crippen LogP contribution in [0.1, 0.15) is 24.3 Å². The summed E-state index contributed by atoms with van der Waals surface area (Å²) in [6.45, 7) is 0.348. The Bertz CT molecular complexity index is 595. The van der Waals surface area contributed by atoms with Crippen LogP contribution in [0, 0.1) is 0 Å². The summed E-state index contributed by atoms with van der Waals surface area (Å²) in [6, 6.07) is 2.52. The fourth-order valence-electron chi connectivity index (χ4n) is 3.30. The van der Waals surface area contributed by atoms with Gasteiger partial charge in [0.05, 0.1) is 28.6 Å². The summed E-state index contributed by atoms with van der Waals surface area (Å²) in [5.41, 5.74) is 0.494. The summed E-state index contributed by atoms with van der Waals surface area (Å²) in [6.07, 6.45) is -1.68. The fourth-order valence-corrected chi connectivity index (χ4v) is 3.78. The topological polar surface area (TPSA) is 81.0 Å². The highest BCUT2D eigenvalue weighted by atomic mass is 35.5. The summed E-state index contributed by atoms with van der Waals surface area (Å²) in [5.74, 6) is -0.389. The molecule has 0 aliphatic carbocycles. The number of halogens is 2. The lowest BCUT2D eigenvalue weighted by molar-refractivity contribution is -0.148. The molecule has 0 aromatic heterocycles. The molecule has 2 saturated heterocycles. The first kappa shape index (κ1) is 14.9. The van der Waals surface area contributed by atoms with Crippen molar-refractivity contribution in [1.29, 1.82) is 0 Å². The zero-order valence-electron chi connectivity index (χ0n) is 11.0. The number of phenolic OH excluding ortho intramolecular Hbond substituents is 1. The predicted molar refractivity (Wildman–Crippen MR) is 77.6 cm³/mol. The van der Waals surface area contributed by atoms with E-state index in [9.17, 15) is 20.1 Å². The zero-order chi connectivity index (χ0) is 15.3. The number of aromatic hydroxyl groups is 1. The van der Waals surface area contributed by atoms with Gasteiger partial charge in [-0.25, -0.2) is 0 Å². The number of benzene rings is 1. The van der Waals surface area contributed by atoms with E-state index >= 15 is 0 Å². The molecule has 0 radical (unpaired) electrons. The highest BCUT2D eigenvalue weighted by molar-refractivity contribution is 6.42. The normalized spacial score (nSPS) is 32.4. The van der Waals surface area contributed by atoms with Gasteiger partial charge in [0.1, 0.15) is 11.9 Å². The van der Waals surface area contributed by atoms with E-state index in [4.69, 9.17) is 23.2 Å². The van der Waals surface area contributed by atoms with Crippen molar-refractivity contribution >= 4 is 29.1 Å². The van der Waals surface area contributed by atoms with Crippen LogP contribution in [0.5, 0.6) is 5.75 Å². The Morgan fingerprint density at radius 3 is 2.67 bits per heavy atom. The summed E-state index contributed by atoms with van der Waals surface area (Å²) in [4.78, 5) is 13.5. The van der Waals surface area contributed by atoms with E-state index in [0.717, 1.165) is 0 Å². The first-order valence-electron chi connectivity index (χ1n) is 6.72. The molecule has 0 spiro atoms. The third-order valence-corrected chi connectivity index (χ3v) is 5.17. The van der Waals surface area contributed by atoms with E-state index in [1.807, 2.05) is 0 Å². The van der Waals surface area contributed by atoms with E-state index in [1.54, 1.807) is 4.90 Å². The zero-order valence-corrected chi connectivity index (χ0v) is 12.6. The maximum atomic E-state index is 12.0.